The van der Waals surface area contributed by atoms with Gasteiger partial charge in [-0.2, -0.15) is 0 Å². The third-order valence-corrected chi connectivity index (χ3v) is 2.66. The fraction of sp³-hybridized carbons (Fsp3) is 0.800. The molecule has 0 aromatic rings. The van der Waals surface area contributed by atoms with Gasteiger partial charge in [0, 0.05) is 6.61 Å². The van der Waals surface area contributed by atoms with Crippen LogP contribution < -0.4 is 11.1 Å². The molecule has 1 amide bonds. The highest BCUT2D eigenvalue weighted by Gasteiger charge is 2.30. The number of carbonyl (C=O) groups excluding carboxylic acids is 1. The van der Waals surface area contributed by atoms with Gasteiger partial charge in [-0.3, -0.25) is 4.79 Å². The lowest BCUT2D eigenvalue weighted by atomic mass is 10.0. The first-order chi connectivity index (χ1) is 7.47. The summed E-state index contributed by atoms with van der Waals surface area (Å²) in [5.74, 6) is -0.243. The van der Waals surface area contributed by atoms with Gasteiger partial charge in [0.15, 0.2) is 5.84 Å². The third kappa shape index (κ3) is 3.10. The number of nitrogens with one attached hydrogen (secondary N) is 1. The van der Waals surface area contributed by atoms with E-state index >= 15 is 0 Å². The zero-order chi connectivity index (χ0) is 12.2. The molecule has 4 N–H and O–H groups in total. The minimum absolute atomic E-state index is 0.0309. The highest BCUT2D eigenvalue weighted by molar-refractivity contribution is 5.94. The molecule has 0 radical (unpaired) electrons. The van der Waals surface area contributed by atoms with Crippen molar-refractivity contribution in [2.45, 2.75) is 44.8 Å². The quantitative estimate of drug-likeness (QED) is 0.279. The lowest BCUT2D eigenvalue weighted by molar-refractivity contribution is -0.136. The summed E-state index contributed by atoms with van der Waals surface area (Å²) in [6, 6.07) is 0. The van der Waals surface area contributed by atoms with Gasteiger partial charge in [0.25, 0.3) is 0 Å². The lowest BCUT2D eigenvalue weighted by Gasteiger charge is -2.28. The van der Waals surface area contributed by atoms with Gasteiger partial charge < -0.3 is 21.0 Å². The Bertz CT molecular complexity index is 283. The molecule has 16 heavy (non-hydrogen) atoms. The highest BCUT2D eigenvalue weighted by atomic mass is 16.5. The number of nitrogens with zero attached hydrogens (tertiary/aromatic N) is 1. The summed E-state index contributed by atoms with van der Waals surface area (Å²) in [5.41, 5.74) is 4.60. The van der Waals surface area contributed by atoms with Crippen LogP contribution >= 0.6 is 0 Å². The van der Waals surface area contributed by atoms with Gasteiger partial charge in [0.05, 0.1) is 5.54 Å². The zero-order valence-corrected chi connectivity index (χ0v) is 9.69. The van der Waals surface area contributed by atoms with Crippen molar-refractivity contribution >= 4 is 11.7 Å². The molecule has 0 aromatic heterocycles. The largest absolute Gasteiger partial charge is 0.409 e. The van der Waals surface area contributed by atoms with Crippen LogP contribution in [-0.4, -0.2) is 35.2 Å². The Balaban J connectivity index is 2.55. The average molecular weight is 229 g/mol. The molecule has 92 valence electrons. The number of rotatable bonds is 3. The predicted molar refractivity (Wildman–Crippen MR) is 59.2 cm³/mol. The second-order valence-electron chi connectivity index (χ2n) is 4.45. The van der Waals surface area contributed by atoms with Gasteiger partial charge >= 0.3 is 0 Å². The van der Waals surface area contributed by atoms with E-state index in [1.54, 1.807) is 13.8 Å². The second kappa shape index (κ2) is 5.16. The van der Waals surface area contributed by atoms with Crippen molar-refractivity contribution in [3.8, 4) is 0 Å². The zero-order valence-electron chi connectivity index (χ0n) is 9.69. The molecule has 0 saturated carbocycles. The SMILES string of the molecule is CC(C)(NC(=O)C1CCCCO1)C(N)=NO. The van der Waals surface area contributed by atoms with Crippen LogP contribution in [0.15, 0.2) is 5.16 Å². The van der Waals surface area contributed by atoms with E-state index in [0.29, 0.717) is 6.61 Å². The smallest absolute Gasteiger partial charge is 0.249 e. The number of ether oxygens (including phenoxy) is 1. The average Bonchev–Trinajstić information content (AvgIpc) is 2.28. The number of oxime groups is 1. The van der Waals surface area contributed by atoms with E-state index in [-0.39, 0.29) is 11.7 Å². The van der Waals surface area contributed by atoms with Gasteiger partial charge in [0.2, 0.25) is 5.91 Å². The molecule has 6 nitrogen and oxygen atoms in total. The van der Waals surface area contributed by atoms with Gasteiger partial charge in [0.1, 0.15) is 6.10 Å². The Morgan fingerprint density at radius 2 is 2.25 bits per heavy atom. The second-order valence-corrected chi connectivity index (χ2v) is 4.45. The Hall–Kier alpha value is -1.30. The van der Waals surface area contributed by atoms with Gasteiger partial charge in [-0.15, -0.1) is 0 Å². The predicted octanol–water partition coefficient (Wildman–Crippen LogP) is 0.197. The van der Waals surface area contributed by atoms with Gasteiger partial charge in [-0.25, -0.2) is 0 Å². The number of hydrogen-bond acceptors (Lipinski definition) is 4. The Labute approximate surface area is 94.8 Å². The molecule has 1 aliphatic rings. The first-order valence-electron chi connectivity index (χ1n) is 5.39. The van der Waals surface area contributed by atoms with Crippen molar-refractivity contribution in [2.24, 2.45) is 10.9 Å². The maximum absolute atomic E-state index is 11.8. The Morgan fingerprint density at radius 1 is 1.56 bits per heavy atom. The van der Waals surface area contributed by atoms with E-state index in [0.717, 1.165) is 19.3 Å². The van der Waals surface area contributed by atoms with Crippen LogP contribution in [0.2, 0.25) is 0 Å². The first-order valence-corrected chi connectivity index (χ1v) is 5.39. The molecule has 0 spiro atoms. The van der Waals surface area contributed by atoms with Crippen molar-refractivity contribution in [1.82, 2.24) is 5.32 Å². The summed E-state index contributed by atoms with van der Waals surface area (Å²) in [7, 11) is 0. The molecular weight excluding hydrogens is 210 g/mol. The molecule has 0 bridgehead atoms. The number of amidine groups is 1. The Kier molecular flexibility index (Phi) is 4.12. The van der Waals surface area contributed by atoms with Gasteiger partial charge in [-0.05, 0) is 33.1 Å². The van der Waals surface area contributed by atoms with E-state index < -0.39 is 11.6 Å². The van der Waals surface area contributed by atoms with E-state index in [1.165, 1.54) is 0 Å². The number of nitrogens with two attached hydrogens (primary N) is 1. The molecule has 1 fully saturated rings. The van der Waals surface area contributed by atoms with Crippen LogP contribution in [-0.2, 0) is 9.53 Å². The normalized spacial score (nSPS) is 22.9. The van der Waals surface area contributed by atoms with Crippen LogP contribution in [0.1, 0.15) is 33.1 Å². The van der Waals surface area contributed by atoms with E-state index in [1.807, 2.05) is 0 Å². The van der Waals surface area contributed by atoms with Crippen LogP contribution in [0.5, 0.6) is 0 Å². The van der Waals surface area contributed by atoms with Crippen molar-refractivity contribution in [3.63, 3.8) is 0 Å². The molecule has 0 aliphatic carbocycles. The summed E-state index contributed by atoms with van der Waals surface area (Å²) in [5, 5.41) is 14.2. The maximum Gasteiger partial charge on any atom is 0.249 e. The molecule has 1 saturated heterocycles. The molecule has 1 rings (SSSR count). The third-order valence-electron chi connectivity index (χ3n) is 2.66. The summed E-state index contributed by atoms with van der Waals surface area (Å²) in [6.07, 6.45) is 2.28. The molecular formula is C10H19N3O3. The fourth-order valence-electron chi connectivity index (χ4n) is 1.53. The number of amides is 1. The monoisotopic (exact) mass is 229 g/mol. The minimum atomic E-state index is -0.868. The molecule has 1 atom stereocenters. The minimum Gasteiger partial charge on any atom is -0.409 e. The summed E-state index contributed by atoms with van der Waals surface area (Å²) in [4.78, 5) is 11.8. The maximum atomic E-state index is 11.8. The van der Waals surface area contributed by atoms with Crippen LogP contribution in [0, 0.1) is 0 Å². The molecule has 1 aliphatic heterocycles. The number of carbonyl (C=O) groups is 1. The molecule has 1 unspecified atom stereocenters. The first kappa shape index (κ1) is 12.8. The summed E-state index contributed by atoms with van der Waals surface area (Å²) < 4.78 is 5.34. The van der Waals surface area contributed by atoms with Crippen molar-refractivity contribution in [3.05, 3.63) is 0 Å². The van der Waals surface area contributed by atoms with E-state index in [9.17, 15) is 4.79 Å². The van der Waals surface area contributed by atoms with E-state index in [2.05, 4.69) is 10.5 Å². The van der Waals surface area contributed by atoms with Crippen LogP contribution in [0.25, 0.3) is 0 Å². The van der Waals surface area contributed by atoms with Crippen molar-refractivity contribution in [2.75, 3.05) is 6.61 Å². The van der Waals surface area contributed by atoms with Crippen LogP contribution in [0.3, 0.4) is 0 Å². The molecule has 0 aromatic carbocycles. The topological polar surface area (TPSA) is 96.9 Å². The Morgan fingerprint density at radius 3 is 2.75 bits per heavy atom. The molecule has 1 heterocycles. The summed E-state index contributed by atoms with van der Waals surface area (Å²) >= 11 is 0. The van der Waals surface area contributed by atoms with E-state index in [4.69, 9.17) is 15.7 Å². The van der Waals surface area contributed by atoms with Crippen molar-refractivity contribution in [1.29, 1.82) is 0 Å². The lowest BCUT2D eigenvalue weighted by Crippen LogP contribution is -2.56. The van der Waals surface area contributed by atoms with Crippen LogP contribution in [0.4, 0.5) is 0 Å². The highest BCUT2D eigenvalue weighted by Crippen LogP contribution is 2.14. The fourth-order valence-corrected chi connectivity index (χ4v) is 1.53. The van der Waals surface area contributed by atoms with Gasteiger partial charge in [-0.1, -0.05) is 5.16 Å². The number of hydrogen-bond donors (Lipinski definition) is 3. The summed E-state index contributed by atoms with van der Waals surface area (Å²) in [6.45, 7) is 3.95. The standard InChI is InChI=1S/C10H19N3O3/c1-10(2,9(11)13-15)12-8(14)7-5-3-4-6-16-7/h7,15H,3-6H2,1-2H3,(H2,11,13)(H,12,14). The molecule has 6 heteroatoms. The van der Waals surface area contributed by atoms with Crippen molar-refractivity contribution < 1.29 is 14.7 Å².